The molecule has 0 amide bonds. The predicted molar refractivity (Wildman–Crippen MR) is 78.3 cm³/mol. The molecule has 0 saturated carbocycles. The Bertz CT molecular complexity index is 714. The summed E-state index contributed by atoms with van der Waals surface area (Å²) in [6, 6.07) is 6.27. The molecule has 1 atom stereocenters. The second kappa shape index (κ2) is 5.38. The Hall–Kier alpha value is -2.27. The van der Waals surface area contributed by atoms with Crippen molar-refractivity contribution in [2.24, 2.45) is 7.05 Å². The quantitative estimate of drug-likeness (QED) is 0.784. The third-order valence-corrected chi connectivity index (χ3v) is 3.56. The number of benzene rings is 1. The van der Waals surface area contributed by atoms with E-state index in [0.717, 1.165) is 28.8 Å². The number of fused-ring (bicyclic) bond motifs is 1. The third-order valence-electron chi connectivity index (χ3n) is 3.56. The fourth-order valence-corrected chi connectivity index (χ4v) is 2.44. The van der Waals surface area contributed by atoms with Crippen LogP contribution in [0.3, 0.4) is 0 Å². The summed E-state index contributed by atoms with van der Waals surface area (Å²) in [5, 5.41) is 3.35. The first-order chi connectivity index (χ1) is 9.79. The summed E-state index contributed by atoms with van der Waals surface area (Å²) in [6.45, 7) is 0. The Labute approximate surface area is 117 Å². The van der Waals surface area contributed by atoms with Gasteiger partial charge in [0.15, 0.2) is 0 Å². The van der Waals surface area contributed by atoms with E-state index in [1.54, 1.807) is 12.4 Å². The molecule has 2 aromatic heterocycles. The summed E-state index contributed by atoms with van der Waals surface area (Å²) in [6.07, 6.45) is 8.06. The maximum Gasteiger partial charge on any atom is 0.110 e. The van der Waals surface area contributed by atoms with Crippen molar-refractivity contribution >= 4 is 11.0 Å². The van der Waals surface area contributed by atoms with Gasteiger partial charge in [-0.05, 0) is 18.7 Å². The van der Waals surface area contributed by atoms with Crippen LogP contribution in [-0.4, -0.2) is 26.6 Å². The summed E-state index contributed by atoms with van der Waals surface area (Å²) >= 11 is 0. The number of aryl methyl sites for hydroxylation is 1. The molecule has 1 aromatic carbocycles. The largest absolute Gasteiger partial charge is 0.338 e. The van der Waals surface area contributed by atoms with Crippen LogP contribution in [0.2, 0.25) is 0 Å². The Kier molecular flexibility index (Phi) is 3.43. The zero-order chi connectivity index (χ0) is 13.9. The molecule has 5 heteroatoms. The van der Waals surface area contributed by atoms with Gasteiger partial charge in [0, 0.05) is 44.3 Å². The van der Waals surface area contributed by atoms with E-state index in [2.05, 4.69) is 26.3 Å². The van der Waals surface area contributed by atoms with Crippen molar-refractivity contribution in [3.05, 3.63) is 54.4 Å². The fraction of sp³-hybridized carbons (Fsp3) is 0.267. The molecule has 2 heterocycles. The van der Waals surface area contributed by atoms with E-state index in [-0.39, 0.29) is 6.04 Å². The standard InChI is InChI=1S/C15H17N5/c1-16-13(10-14-18-8-9-20(14)2)11-4-3-5-12-15(11)19-7-6-17-12/h3-9,13,16H,10H2,1-2H3. The Balaban J connectivity index is 2.01. The summed E-state index contributed by atoms with van der Waals surface area (Å²) in [5.41, 5.74) is 3.02. The lowest BCUT2D eigenvalue weighted by molar-refractivity contribution is 0.566. The molecule has 0 aliphatic rings. The van der Waals surface area contributed by atoms with Gasteiger partial charge in [-0.2, -0.15) is 0 Å². The smallest absolute Gasteiger partial charge is 0.110 e. The average molecular weight is 267 g/mol. The van der Waals surface area contributed by atoms with Gasteiger partial charge in [0.25, 0.3) is 0 Å². The minimum Gasteiger partial charge on any atom is -0.338 e. The minimum atomic E-state index is 0.163. The van der Waals surface area contributed by atoms with Crippen LogP contribution in [-0.2, 0) is 13.5 Å². The van der Waals surface area contributed by atoms with Crippen LogP contribution in [0.1, 0.15) is 17.4 Å². The summed E-state index contributed by atoms with van der Waals surface area (Å²) in [5.74, 6) is 1.05. The molecule has 3 rings (SSSR count). The lowest BCUT2D eigenvalue weighted by atomic mass is 10.0. The number of imidazole rings is 1. The highest BCUT2D eigenvalue weighted by Crippen LogP contribution is 2.23. The van der Waals surface area contributed by atoms with Crippen molar-refractivity contribution in [1.82, 2.24) is 24.8 Å². The van der Waals surface area contributed by atoms with Crippen LogP contribution in [0.4, 0.5) is 0 Å². The summed E-state index contributed by atoms with van der Waals surface area (Å²) in [7, 11) is 3.97. The molecule has 0 aliphatic heterocycles. The Morgan fingerprint density at radius 1 is 1.15 bits per heavy atom. The van der Waals surface area contributed by atoms with Crippen LogP contribution in [0, 0.1) is 0 Å². The van der Waals surface area contributed by atoms with Crippen molar-refractivity contribution in [3.8, 4) is 0 Å². The molecule has 3 aromatic rings. The molecule has 0 bridgehead atoms. The first-order valence-corrected chi connectivity index (χ1v) is 6.62. The van der Waals surface area contributed by atoms with E-state index in [4.69, 9.17) is 0 Å². The molecule has 1 unspecified atom stereocenters. The second-order valence-electron chi connectivity index (χ2n) is 4.77. The van der Waals surface area contributed by atoms with Gasteiger partial charge >= 0.3 is 0 Å². The molecule has 102 valence electrons. The first-order valence-electron chi connectivity index (χ1n) is 6.62. The van der Waals surface area contributed by atoms with E-state index in [1.165, 1.54) is 0 Å². The molecule has 0 fully saturated rings. The maximum absolute atomic E-state index is 4.47. The highest BCUT2D eigenvalue weighted by Gasteiger charge is 2.16. The van der Waals surface area contributed by atoms with Gasteiger partial charge in [0.05, 0.1) is 11.0 Å². The Morgan fingerprint density at radius 3 is 2.75 bits per heavy atom. The number of para-hydroxylation sites is 1. The van der Waals surface area contributed by atoms with Gasteiger partial charge in [-0.15, -0.1) is 0 Å². The van der Waals surface area contributed by atoms with Crippen LogP contribution in [0.5, 0.6) is 0 Å². The molecule has 5 nitrogen and oxygen atoms in total. The molecular weight excluding hydrogens is 250 g/mol. The first kappa shape index (κ1) is 12.7. The molecule has 0 aliphatic carbocycles. The SMILES string of the molecule is CNC(Cc1nccn1C)c1cccc2nccnc12. The average Bonchev–Trinajstić information content (AvgIpc) is 2.89. The van der Waals surface area contributed by atoms with Crippen LogP contribution < -0.4 is 5.32 Å². The normalized spacial score (nSPS) is 12.7. The number of nitrogens with zero attached hydrogens (tertiary/aromatic N) is 4. The maximum atomic E-state index is 4.47. The molecule has 0 radical (unpaired) electrons. The molecule has 20 heavy (non-hydrogen) atoms. The van der Waals surface area contributed by atoms with Gasteiger partial charge in [-0.1, -0.05) is 12.1 Å². The van der Waals surface area contributed by atoms with Crippen molar-refractivity contribution < 1.29 is 0 Å². The van der Waals surface area contributed by atoms with Crippen LogP contribution >= 0.6 is 0 Å². The van der Waals surface area contributed by atoms with Gasteiger partial charge in [0.1, 0.15) is 5.82 Å². The molecular formula is C15H17N5. The highest BCUT2D eigenvalue weighted by atomic mass is 15.0. The van der Waals surface area contributed by atoms with Crippen molar-refractivity contribution in [2.75, 3.05) is 7.05 Å². The summed E-state index contributed by atoms with van der Waals surface area (Å²) in [4.78, 5) is 13.2. The molecule has 0 spiro atoms. The van der Waals surface area contributed by atoms with Gasteiger partial charge in [0.2, 0.25) is 0 Å². The van der Waals surface area contributed by atoms with Gasteiger partial charge in [-0.3, -0.25) is 9.97 Å². The van der Waals surface area contributed by atoms with Crippen molar-refractivity contribution in [3.63, 3.8) is 0 Å². The zero-order valence-corrected chi connectivity index (χ0v) is 11.6. The lowest BCUT2D eigenvalue weighted by Crippen LogP contribution is -2.21. The summed E-state index contributed by atoms with van der Waals surface area (Å²) < 4.78 is 2.04. The molecule has 0 saturated heterocycles. The number of aromatic nitrogens is 4. The van der Waals surface area contributed by atoms with Crippen LogP contribution in [0.15, 0.2) is 43.0 Å². The van der Waals surface area contributed by atoms with E-state index in [1.807, 2.05) is 43.2 Å². The number of likely N-dealkylation sites (N-methyl/N-ethyl adjacent to an activating group) is 1. The van der Waals surface area contributed by atoms with E-state index < -0.39 is 0 Å². The van der Waals surface area contributed by atoms with E-state index in [9.17, 15) is 0 Å². The number of nitrogens with one attached hydrogen (secondary N) is 1. The number of hydrogen-bond acceptors (Lipinski definition) is 4. The number of rotatable bonds is 4. The van der Waals surface area contributed by atoms with E-state index in [0.29, 0.717) is 0 Å². The Morgan fingerprint density at radius 2 is 2.00 bits per heavy atom. The third kappa shape index (κ3) is 2.28. The van der Waals surface area contributed by atoms with Gasteiger partial charge in [-0.25, -0.2) is 4.98 Å². The van der Waals surface area contributed by atoms with Gasteiger partial charge < -0.3 is 9.88 Å². The molecule has 1 N–H and O–H groups in total. The monoisotopic (exact) mass is 267 g/mol. The lowest BCUT2D eigenvalue weighted by Gasteiger charge is -2.17. The van der Waals surface area contributed by atoms with Crippen LogP contribution in [0.25, 0.3) is 11.0 Å². The van der Waals surface area contributed by atoms with E-state index >= 15 is 0 Å². The number of hydrogen-bond donors (Lipinski definition) is 1. The topological polar surface area (TPSA) is 55.6 Å². The predicted octanol–water partition coefficient (Wildman–Crippen LogP) is 1.87. The van der Waals surface area contributed by atoms with Crippen molar-refractivity contribution in [1.29, 1.82) is 0 Å². The highest BCUT2D eigenvalue weighted by molar-refractivity contribution is 5.78. The zero-order valence-electron chi connectivity index (χ0n) is 11.6. The van der Waals surface area contributed by atoms with Crippen molar-refractivity contribution in [2.45, 2.75) is 12.5 Å². The minimum absolute atomic E-state index is 0.163. The second-order valence-corrected chi connectivity index (χ2v) is 4.77. The fourth-order valence-electron chi connectivity index (χ4n) is 2.44.